The van der Waals surface area contributed by atoms with Gasteiger partial charge in [0.15, 0.2) is 0 Å². The summed E-state index contributed by atoms with van der Waals surface area (Å²) in [5, 5.41) is 0. The summed E-state index contributed by atoms with van der Waals surface area (Å²) in [6.45, 7) is 3.92. The van der Waals surface area contributed by atoms with E-state index < -0.39 is 0 Å². The predicted octanol–water partition coefficient (Wildman–Crippen LogP) is 3.51. The van der Waals surface area contributed by atoms with Gasteiger partial charge in [0.2, 0.25) is 0 Å². The summed E-state index contributed by atoms with van der Waals surface area (Å²) in [7, 11) is 0. The van der Waals surface area contributed by atoms with Crippen LogP contribution in [0.2, 0.25) is 0 Å². The van der Waals surface area contributed by atoms with Crippen molar-refractivity contribution in [2.45, 2.75) is 16.2 Å². The summed E-state index contributed by atoms with van der Waals surface area (Å²) in [4.78, 5) is 2.68. The van der Waals surface area contributed by atoms with Gasteiger partial charge < -0.3 is 0 Å². The zero-order chi connectivity index (χ0) is 8.97. The van der Waals surface area contributed by atoms with Crippen molar-refractivity contribution in [3.8, 4) is 0 Å². The molecule has 1 radical (unpaired) electrons. The lowest BCUT2D eigenvalue weighted by atomic mass is 10.2. The Morgan fingerprint density at radius 2 is 2.00 bits per heavy atom. The highest BCUT2D eigenvalue weighted by molar-refractivity contribution is 7.99. The van der Waals surface area contributed by atoms with Crippen LogP contribution in [0.25, 0.3) is 0 Å². The third kappa shape index (κ3) is 2.20. The first-order chi connectivity index (χ1) is 5.81. The second kappa shape index (κ2) is 4.83. The third-order valence-electron chi connectivity index (χ3n) is 1.76. The van der Waals surface area contributed by atoms with Crippen molar-refractivity contribution in [3.05, 3.63) is 30.7 Å². The molecule has 1 rings (SSSR count). The van der Waals surface area contributed by atoms with Crippen molar-refractivity contribution in [1.29, 1.82) is 0 Å². The van der Waals surface area contributed by atoms with Crippen molar-refractivity contribution in [2.75, 3.05) is 12.5 Å². The van der Waals surface area contributed by atoms with E-state index in [-0.39, 0.29) is 0 Å². The molecule has 0 aliphatic heterocycles. The van der Waals surface area contributed by atoms with Crippen LogP contribution >= 0.6 is 23.5 Å². The summed E-state index contributed by atoms with van der Waals surface area (Å²) in [6, 6.07) is 6.57. The standard InChI is InChI=1S/C10H13S2/c1-4-8-7-9(11-2)5-6-10(8)12-3/h5-7H,1,4H2,2-3H3. The smallest absolute Gasteiger partial charge is 0.0102 e. The maximum atomic E-state index is 3.92. The van der Waals surface area contributed by atoms with E-state index in [1.807, 2.05) is 0 Å². The van der Waals surface area contributed by atoms with E-state index in [0.29, 0.717) is 0 Å². The van der Waals surface area contributed by atoms with Crippen LogP contribution in [-0.4, -0.2) is 12.5 Å². The molecule has 0 bridgehead atoms. The number of benzene rings is 1. The molecule has 0 nitrogen and oxygen atoms in total. The monoisotopic (exact) mass is 197 g/mol. The molecule has 0 saturated heterocycles. The summed E-state index contributed by atoms with van der Waals surface area (Å²) >= 11 is 3.57. The van der Waals surface area contributed by atoms with Crippen LogP contribution in [0.3, 0.4) is 0 Å². The Morgan fingerprint density at radius 1 is 1.25 bits per heavy atom. The van der Waals surface area contributed by atoms with Gasteiger partial charge in [0.25, 0.3) is 0 Å². The second-order valence-corrected chi connectivity index (χ2v) is 4.16. The highest BCUT2D eigenvalue weighted by Crippen LogP contribution is 2.25. The van der Waals surface area contributed by atoms with Crippen molar-refractivity contribution in [1.82, 2.24) is 0 Å². The van der Waals surface area contributed by atoms with E-state index in [0.717, 1.165) is 6.42 Å². The fraction of sp³-hybridized carbons (Fsp3) is 0.300. The van der Waals surface area contributed by atoms with Gasteiger partial charge in [-0.15, -0.1) is 23.5 Å². The molecular weight excluding hydrogens is 184 g/mol. The topological polar surface area (TPSA) is 0 Å². The van der Waals surface area contributed by atoms with Gasteiger partial charge in [-0.3, -0.25) is 0 Å². The molecule has 12 heavy (non-hydrogen) atoms. The lowest BCUT2D eigenvalue weighted by Gasteiger charge is -2.06. The Labute approximate surface area is 83.1 Å². The molecule has 0 spiro atoms. The fourth-order valence-electron chi connectivity index (χ4n) is 1.08. The van der Waals surface area contributed by atoms with Crippen molar-refractivity contribution in [2.24, 2.45) is 0 Å². The van der Waals surface area contributed by atoms with Crippen LogP contribution in [0.4, 0.5) is 0 Å². The van der Waals surface area contributed by atoms with E-state index >= 15 is 0 Å². The lowest BCUT2D eigenvalue weighted by Crippen LogP contribution is -1.85. The highest BCUT2D eigenvalue weighted by Gasteiger charge is 1.99. The van der Waals surface area contributed by atoms with Crippen molar-refractivity contribution < 1.29 is 0 Å². The van der Waals surface area contributed by atoms with Crippen LogP contribution in [-0.2, 0) is 6.42 Å². The summed E-state index contributed by atoms with van der Waals surface area (Å²) in [5.74, 6) is 0. The first-order valence-corrected chi connectivity index (χ1v) is 6.27. The van der Waals surface area contributed by atoms with Gasteiger partial charge in [-0.2, -0.15) is 0 Å². The zero-order valence-electron chi connectivity index (χ0n) is 7.46. The van der Waals surface area contributed by atoms with E-state index in [1.54, 1.807) is 23.5 Å². The van der Waals surface area contributed by atoms with Crippen LogP contribution in [0.1, 0.15) is 5.56 Å². The Morgan fingerprint density at radius 3 is 2.50 bits per heavy atom. The predicted molar refractivity (Wildman–Crippen MR) is 59.1 cm³/mol. The molecule has 0 amide bonds. The fourth-order valence-corrected chi connectivity index (χ4v) is 2.17. The normalized spacial score (nSPS) is 10.2. The average Bonchev–Trinajstić information content (AvgIpc) is 2.16. The Kier molecular flexibility index (Phi) is 4.02. The Bertz CT molecular complexity index is 256. The molecule has 65 valence electrons. The summed E-state index contributed by atoms with van der Waals surface area (Å²) < 4.78 is 0. The van der Waals surface area contributed by atoms with E-state index in [4.69, 9.17) is 0 Å². The van der Waals surface area contributed by atoms with Crippen LogP contribution in [0.15, 0.2) is 28.0 Å². The van der Waals surface area contributed by atoms with Gasteiger partial charge in [-0.25, -0.2) is 0 Å². The largest absolute Gasteiger partial charge is 0.130 e. The first kappa shape index (κ1) is 10.0. The molecule has 0 saturated carbocycles. The Balaban J connectivity index is 3.02. The zero-order valence-corrected chi connectivity index (χ0v) is 9.10. The molecular formula is C10H13S2. The lowest BCUT2D eigenvalue weighted by molar-refractivity contribution is 1.15. The molecule has 0 aromatic heterocycles. The molecule has 1 aromatic rings. The number of hydrogen-bond acceptors (Lipinski definition) is 2. The van der Waals surface area contributed by atoms with Crippen molar-refractivity contribution >= 4 is 23.5 Å². The SMILES string of the molecule is [CH2]Cc1cc(SC)ccc1SC. The van der Waals surface area contributed by atoms with Gasteiger partial charge in [-0.1, -0.05) is 0 Å². The van der Waals surface area contributed by atoms with Gasteiger partial charge in [0, 0.05) is 9.79 Å². The molecule has 0 atom stereocenters. The molecule has 1 aromatic carbocycles. The minimum absolute atomic E-state index is 0.880. The quantitative estimate of drug-likeness (QED) is 0.680. The minimum Gasteiger partial charge on any atom is -0.130 e. The number of hydrogen-bond donors (Lipinski definition) is 0. The maximum absolute atomic E-state index is 3.92. The molecule has 0 fully saturated rings. The molecule has 0 N–H and O–H groups in total. The average molecular weight is 197 g/mol. The first-order valence-electron chi connectivity index (χ1n) is 3.82. The van der Waals surface area contributed by atoms with Crippen LogP contribution in [0, 0.1) is 6.92 Å². The highest BCUT2D eigenvalue weighted by atomic mass is 32.2. The second-order valence-electron chi connectivity index (χ2n) is 2.43. The van der Waals surface area contributed by atoms with Crippen LogP contribution in [0.5, 0.6) is 0 Å². The number of thioether (sulfide) groups is 2. The number of rotatable bonds is 3. The van der Waals surface area contributed by atoms with Gasteiger partial charge in [0.1, 0.15) is 0 Å². The van der Waals surface area contributed by atoms with Crippen molar-refractivity contribution in [3.63, 3.8) is 0 Å². The van der Waals surface area contributed by atoms with Crippen LogP contribution < -0.4 is 0 Å². The van der Waals surface area contributed by atoms with E-state index in [2.05, 4.69) is 37.6 Å². The molecule has 0 unspecified atom stereocenters. The van der Waals surface area contributed by atoms with E-state index in [1.165, 1.54) is 15.4 Å². The van der Waals surface area contributed by atoms with Gasteiger partial charge >= 0.3 is 0 Å². The minimum atomic E-state index is 0.880. The molecule has 2 heteroatoms. The summed E-state index contributed by atoms with van der Waals surface area (Å²) in [5.41, 5.74) is 1.36. The van der Waals surface area contributed by atoms with Gasteiger partial charge in [-0.05, 0) is 49.6 Å². The molecule has 0 aliphatic rings. The maximum Gasteiger partial charge on any atom is 0.0102 e. The molecule has 0 aliphatic carbocycles. The van der Waals surface area contributed by atoms with E-state index in [9.17, 15) is 0 Å². The Hall–Kier alpha value is -0.0800. The summed E-state index contributed by atoms with van der Waals surface area (Å²) in [6.07, 6.45) is 5.08. The third-order valence-corrected chi connectivity index (χ3v) is 3.32. The molecule has 0 heterocycles. The van der Waals surface area contributed by atoms with Gasteiger partial charge in [0.05, 0.1) is 0 Å².